The molecular weight excluding hydrogens is 316 g/mol. The molecule has 0 N–H and O–H groups in total. The van der Waals surface area contributed by atoms with E-state index in [4.69, 9.17) is 4.74 Å². The zero-order valence-electron chi connectivity index (χ0n) is 17.0. The third-order valence-electron chi connectivity index (χ3n) is 6.80. The fourth-order valence-corrected chi connectivity index (χ4v) is 5.12. The van der Waals surface area contributed by atoms with Gasteiger partial charge in [0.2, 0.25) is 0 Å². The van der Waals surface area contributed by atoms with Gasteiger partial charge in [0.25, 0.3) is 0 Å². The summed E-state index contributed by atoms with van der Waals surface area (Å²) in [6.45, 7) is 5.03. The van der Waals surface area contributed by atoms with Crippen LogP contribution in [0.1, 0.15) is 82.8 Å². The lowest BCUT2D eigenvalue weighted by atomic mass is 9.69. The van der Waals surface area contributed by atoms with E-state index < -0.39 is 0 Å². The van der Waals surface area contributed by atoms with E-state index in [-0.39, 0.29) is 0 Å². The zero-order chi connectivity index (χ0) is 18.2. The van der Waals surface area contributed by atoms with Crippen molar-refractivity contribution in [2.75, 3.05) is 6.61 Å². The lowest BCUT2D eigenvalue weighted by Crippen LogP contribution is -2.26. The summed E-state index contributed by atoms with van der Waals surface area (Å²) < 4.78 is 5.82. The van der Waals surface area contributed by atoms with E-state index in [1.54, 1.807) is 5.56 Å². The molecule has 1 nitrogen and oxygen atoms in total. The van der Waals surface area contributed by atoms with Gasteiger partial charge in [-0.2, -0.15) is 0 Å². The fourth-order valence-electron chi connectivity index (χ4n) is 5.12. The summed E-state index contributed by atoms with van der Waals surface area (Å²) in [6, 6.07) is 6.80. The van der Waals surface area contributed by atoms with Crippen LogP contribution < -0.4 is 4.74 Å². The Bertz CT molecular complexity index is 566. The van der Waals surface area contributed by atoms with Gasteiger partial charge in [0.1, 0.15) is 12.4 Å². The number of hydrogen-bond acceptors (Lipinski definition) is 1. The second-order valence-corrected chi connectivity index (χ2v) is 8.59. The van der Waals surface area contributed by atoms with Crippen LogP contribution in [0.15, 0.2) is 30.4 Å². The van der Waals surface area contributed by atoms with E-state index in [2.05, 4.69) is 31.2 Å². The molecule has 144 valence electrons. The number of rotatable bonds is 8. The van der Waals surface area contributed by atoms with Crippen LogP contribution in [0.4, 0.5) is 0 Å². The third-order valence-corrected chi connectivity index (χ3v) is 6.80. The maximum absolute atomic E-state index is 5.82. The zero-order valence-corrected chi connectivity index (χ0v) is 17.0. The number of aryl methyl sites for hydroxylation is 1. The topological polar surface area (TPSA) is 9.23 Å². The fraction of sp³-hybridized carbons (Fsp3) is 0.680. The van der Waals surface area contributed by atoms with Crippen molar-refractivity contribution in [2.45, 2.75) is 84.5 Å². The van der Waals surface area contributed by atoms with Crippen LogP contribution in [0.5, 0.6) is 5.75 Å². The lowest BCUT2D eigenvalue weighted by molar-refractivity contribution is 0.183. The van der Waals surface area contributed by atoms with Crippen LogP contribution in [-0.4, -0.2) is 6.61 Å². The smallest absolute Gasteiger partial charge is 0.120 e. The molecule has 1 unspecified atom stereocenters. The number of benzene rings is 1. The molecule has 0 bridgehead atoms. The highest BCUT2D eigenvalue weighted by Gasteiger charge is 2.30. The van der Waals surface area contributed by atoms with E-state index in [0.29, 0.717) is 6.61 Å². The Labute approximate surface area is 161 Å². The van der Waals surface area contributed by atoms with E-state index in [0.717, 1.165) is 23.5 Å². The summed E-state index contributed by atoms with van der Waals surface area (Å²) in [5.74, 6) is 3.98. The van der Waals surface area contributed by atoms with Crippen LogP contribution in [0, 0.1) is 17.8 Å². The maximum Gasteiger partial charge on any atom is 0.120 e. The molecule has 0 saturated heterocycles. The first-order chi connectivity index (χ1) is 12.8. The quantitative estimate of drug-likeness (QED) is 0.356. The Kier molecular flexibility index (Phi) is 7.65. The number of unbranched alkanes of at least 4 members (excludes halogenated alkanes) is 2. The normalized spacial score (nSPS) is 26.0. The highest BCUT2D eigenvalue weighted by molar-refractivity contribution is 5.37. The van der Waals surface area contributed by atoms with Crippen LogP contribution in [0.2, 0.25) is 0 Å². The Balaban J connectivity index is 1.48. The minimum Gasteiger partial charge on any atom is -0.490 e. The van der Waals surface area contributed by atoms with Gasteiger partial charge in [-0.3, -0.25) is 0 Å². The van der Waals surface area contributed by atoms with Crippen molar-refractivity contribution in [3.63, 3.8) is 0 Å². The molecule has 0 aliphatic heterocycles. The minimum absolute atomic E-state index is 0.680. The van der Waals surface area contributed by atoms with E-state index in [1.165, 1.54) is 76.2 Å². The van der Waals surface area contributed by atoms with Crippen LogP contribution in [0.3, 0.4) is 0 Å². The van der Waals surface area contributed by atoms with Gasteiger partial charge < -0.3 is 4.74 Å². The van der Waals surface area contributed by atoms with Gasteiger partial charge in [-0.25, -0.2) is 0 Å². The van der Waals surface area contributed by atoms with Gasteiger partial charge in [0, 0.05) is 0 Å². The molecule has 1 saturated carbocycles. The Morgan fingerprint density at radius 3 is 2.62 bits per heavy atom. The summed E-state index contributed by atoms with van der Waals surface area (Å²) in [5.41, 5.74) is 3.12. The number of allylic oxidation sites excluding steroid dienone is 1. The second-order valence-electron chi connectivity index (χ2n) is 8.59. The average Bonchev–Trinajstić information content (AvgIpc) is 2.68. The minimum atomic E-state index is 0.680. The monoisotopic (exact) mass is 354 g/mol. The summed E-state index contributed by atoms with van der Waals surface area (Å²) in [6.07, 6.45) is 19.7. The van der Waals surface area contributed by atoms with Gasteiger partial charge in [0.05, 0.1) is 0 Å². The van der Waals surface area contributed by atoms with Crippen LogP contribution >= 0.6 is 0 Å². The first-order valence-electron chi connectivity index (χ1n) is 11.2. The molecule has 1 aromatic rings. The first kappa shape index (κ1) is 19.5. The lowest BCUT2D eigenvalue weighted by Gasteiger charge is -2.36. The van der Waals surface area contributed by atoms with E-state index >= 15 is 0 Å². The molecule has 0 aromatic heterocycles. The summed E-state index contributed by atoms with van der Waals surface area (Å²) in [4.78, 5) is 0. The summed E-state index contributed by atoms with van der Waals surface area (Å²) in [5, 5.41) is 0. The predicted octanol–water partition coefficient (Wildman–Crippen LogP) is 7.13. The van der Waals surface area contributed by atoms with Crippen molar-refractivity contribution in [3.8, 4) is 5.75 Å². The van der Waals surface area contributed by atoms with Crippen molar-refractivity contribution < 1.29 is 4.74 Å². The Morgan fingerprint density at radius 2 is 1.85 bits per heavy atom. The highest BCUT2D eigenvalue weighted by Crippen LogP contribution is 2.41. The Morgan fingerprint density at radius 1 is 1.00 bits per heavy atom. The third kappa shape index (κ3) is 5.38. The molecule has 1 aromatic carbocycles. The number of ether oxygens (including phenoxy) is 1. The maximum atomic E-state index is 5.82. The van der Waals surface area contributed by atoms with Gasteiger partial charge in [-0.1, -0.05) is 63.7 Å². The van der Waals surface area contributed by atoms with Crippen molar-refractivity contribution in [2.24, 2.45) is 17.8 Å². The first-order valence-corrected chi connectivity index (χ1v) is 11.2. The van der Waals surface area contributed by atoms with Crippen molar-refractivity contribution in [3.05, 3.63) is 41.5 Å². The van der Waals surface area contributed by atoms with Crippen LogP contribution in [0.25, 0.3) is 0 Å². The highest BCUT2D eigenvalue weighted by atomic mass is 16.5. The Hall–Kier alpha value is -1.24. The molecule has 1 fully saturated rings. The van der Waals surface area contributed by atoms with Gasteiger partial charge in [-0.05, 0) is 80.0 Å². The molecule has 0 spiro atoms. The standard InChI is InChI=1S/C25H38O/c1-3-5-7-8-20-9-11-21(12-10-20)22-13-14-24-19-25(26-17-6-4-2)16-15-23(24)18-22/h4,6,15-16,19-22H,3,5,7-14,17-18H2,1-2H3. The molecular formula is C25H38O. The summed E-state index contributed by atoms with van der Waals surface area (Å²) >= 11 is 0. The van der Waals surface area contributed by atoms with Gasteiger partial charge >= 0.3 is 0 Å². The predicted molar refractivity (Wildman–Crippen MR) is 112 cm³/mol. The summed E-state index contributed by atoms with van der Waals surface area (Å²) in [7, 11) is 0. The number of fused-ring (bicyclic) bond motifs is 1. The SMILES string of the molecule is CC=CCOc1ccc2c(c1)CCC(C1CCC(CCCCC)CC1)C2. The van der Waals surface area contributed by atoms with Gasteiger partial charge in [0.15, 0.2) is 0 Å². The largest absolute Gasteiger partial charge is 0.490 e. The molecule has 1 atom stereocenters. The average molecular weight is 355 g/mol. The van der Waals surface area contributed by atoms with Gasteiger partial charge in [-0.15, -0.1) is 0 Å². The van der Waals surface area contributed by atoms with Crippen molar-refractivity contribution in [1.82, 2.24) is 0 Å². The molecule has 2 aliphatic carbocycles. The molecule has 3 rings (SSSR count). The van der Waals surface area contributed by atoms with Crippen molar-refractivity contribution >= 4 is 0 Å². The molecule has 0 radical (unpaired) electrons. The van der Waals surface area contributed by atoms with E-state index in [1.807, 2.05) is 13.0 Å². The molecule has 0 amide bonds. The number of hydrogen-bond donors (Lipinski definition) is 0. The molecule has 26 heavy (non-hydrogen) atoms. The molecule has 2 aliphatic rings. The van der Waals surface area contributed by atoms with Crippen LogP contribution in [-0.2, 0) is 12.8 Å². The van der Waals surface area contributed by atoms with E-state index in [9.17, 15) is 0 Å². The van der Waals surface area contributed by atoms with Crippen molar-refractivity contribution in [1.29, 1.82) is 0 Å². The molecule has 0 heterocycles. The molecule has 1 heteroatoms. The second kappa shape index (κ2) is 10.2.